The van der Waals surface area contributed by atoms with Crippen molar-refractivity contribution in [1.29, 1.82) is 0 Å². The summed E-state index contributed by atoms with van der Waals surface area (Å²) < 4.78 is 0. The molecule has 1 aliphatic carbocycles. The summed E-state index contributed by atoms with van der Waals surface area (Å²) in [7, 11) is 0. The Hall–Kier alpha value is -0.0800. The van der Waals surface area contributed by atoms with E-state index in [4.69, 9.17) is 0 Å². The Bertz CT molecular complexity index is 298. The highest BCUT2D eigenvalue weighted by atomic mass is 15.3. The summed E-state index contributed by atoms with van der Waals surface area (Å²) in [5, 5.41) is 0. The molecule has 19 heavy (non-hydrogen) atoms. The summed E-state index contributed by atoms with van der Waals surface area (Å²) in [6.45, 7) is 11.4. The van der Waals surface area contributed by atoms with Crippen LogP contribution < -0.4 is 0 Å². The second kappa shape index (κ2) is 5.73. The number of rotatable bonds is 3. The third-order valence-electron chi connectivity index (χ3n) is 6.14. The van der Waals surface area contributed by atoms with Crippen LogP contribution in [0, 0.1) is 11.8 Å². The molecular formula is C17H32N2. The minimum Gasteiger partial charge on any atom is -0.298 e. The minimum absolute atomic E-state index is 0.796. The van der Waals surface area contributed by atoms with Crippen LogP contribution in [0.15, 0.2) is 0 Å². The summed E-state index contributed by atoms with van der Waals surface area (Å²) in [5.41, 5.74) is 0. The topological polar surface area (TPSA) is 6.48 Å². The molecule has 0 radical (unpaired) electrons. The molecular weight excluding hydrogens is 232 g/mol. The van der Waals surface area contributed by atoms with Gasteiger partial charge in [-0.2, -0.15) is 0 Å². The highest BCUT2D eigenvalue weighted by Crippen LogP contribution is 2.36. The molecule has 1 saturated carbocycles. The van der Waals surface area contributed by atoms with E-state index in [9.17, 15) is 0 Å². The number of hydrogen-bond acceptors (Lipinski definition) is 2. The van der Waals surface area contributed by atoms with Crippen molar-refractivity contribution in [3.05, 3.63) is 0 Å². The normalized spacial score (nSPS) is 36.0. The van der Waals surface area contributed by atoms with Gasteiger partial charge in [0, 0.05) is 31.2 Å². The van der Waals surface area contributed by atoms with E-state index in [1.807, 2.05) is 0 Å². The van der Waals surface area contributed by atoms with Crippen molar-refractivity contribution in [2.24, 2.45) is 11.8 Å². The van der Waals surface area contributed by atoms with Gasteiger partial charge < -0.3 is 0 Å². The Morgan fingerprint density at radius 2 is 1.68 bits per heavy atom. The number of nitrogens with zero attached hydrogens (tertiary/aromatic N) is 2. The lowest BCUT2D eigenvalue weighted by Crippen LogP contribution is -2.64. The van der Waals surface area contributed by atoms with Gasteiger partial charge >= 0.3 is 0 Å². The van der Waals surface area contributed by atoms with Gasteiger partial charge in [-0.25, -0.2) is 0 Å². The maximum absolute atomic E-state index is 2.90. The lowest BCUT2D eigenvalue weighted by molar-refractivity contribution is -0.0471. The average Bonchev–Trinajstić information content (AvgIpc) is 2.35. The van der Waals surface area contributed by atoms with E-state index in [-0.39, 0.29) is 0 Å². The Labute approximate surface area is 119 Å². The Balaban J connectivity index is 1.71. The zero-order chi connectivity index (χ0) is 13.4. The molecule has 0 N–H and O–H groups in total. The van der Waals surface area contributed by atoms with E-state index in [0.29, 0.717) is 0 Å². The van der Waals surface area contributed by atoms with Crippen molar-refractivity contribution in [1.82, 2.24) is 9.80 Å². The first-order valence-electron chi connectivity index (χ1n) is 8.66. The van der Waals surface area contributed by atoms with Gasteiger partial charge in [-0.15, -0.1) is 0 Å². The molecule has 3 rings (SSSR count). The number of hydrogen-bond donors (Lipinski definition) is 0. The monoisotopic (exact) mass is 264 g/mol. The number of piperazine rings is 1. The van der Waals surface area contributed by atoms with Crippen molar-refractivity contribution in [3.8, 4) is 0 Å². The third kappa shape index (κ3) is 2.71. The quantitative estimate of drug-likeness (QED) is 0.771. The molecule has 2 saturated heterocycles. The van der Waals surface area contributed by atoms with Gasteiger partial charge in [-0.05, 0) is 51.0 Å². The van der Waals surface area contributed by atoms with E-state index in [0.717, 1.165) is 30.0 Å². The number of piperidine rings is 1. The van der Waals surface area contributed by atoms with E-state index in [2.05, 4.69) is 30.6 Å². The van der Waals surface area contributed by atoms with Crippen LogP contribution in [-0.4, -0.2) is 47.6 Å². The summed E-state index contributed by atoms with van der Waals surface area (Å²) >= 11 is 0. The lowest BCUT2D eigenvalue weighted by atomic mass is 9.78. The minimum atomic E-state index is 0.796. The van der Waals surface area contributed by atoms with Gasteiger partial charge in [-0.3, -0.25) is 9.80 Å². The maximum Gasteiger partial charge on any atom is 0.0249 e. The van der Waals surface area contributed by atoms with Gasteiger partial charge in [0.15, 0.2) is 0 Å². The molecule has 2 nitrogen and oxygen atoms in total. The van der Waals surface area contributed by atoms with Gasteiger partial charge in [0.1, 0.15) is 0 Å². The first-order chi connectivity index (χ1) is 9.16. The van der Waals surface area contributed by atoms with E-state index in [1.54, 1.807) is 0 Å². The second-order valence-electron chi connectivity index (χ2n) is 7.58. The van der Waals surface area contributed by atoms with Crippen molar-refractivity contribution >= 4 is 0 Å². The molecule has 0 aromatic rings. The highest BCUT2D eigenvalue weighted by molar-refractivity contribution is 4.96. The molecule has 2 aliphatic heterocycles. The van der Waals surface area contributed by atoms with Gasteiger partial charge in [0.2, 0.25) is 0 Å². The van der Waals surface area contributed by atoms with Crippen molar-refractivity contribution < 1.29 is 0 Å². The maximum atomic E-state index is 2.90. The predicted octanol–water partition coefficient (Wildman–Crippen LogP) is 3.37. The average molecular weight is 264 g/mol. The summed E-state index contributed by atoms with van der Waals surface area (Å²) in [5.74, 6) is 1.79. The predicted molar refractivity (Wildman–Crippen MR) is 81.3 cm³/mol. The van der Waals surface area contributed by atoms with Crippen LogP contribution >= 0.6 is 0 Å². The van der Waals surface area contributed by atoms with E-state index in [1.165, 1.54) is 58.2 Å². The van der Waals surface area contributed by atoms with E-state index >= 15 is 0 Å². The summed E-state index contributed by atoms with van der Waals surface area (Å²) in [6, 6.07) is 2.49. The fraction of sp³-hybridized carbons (Fsp3) is 1.00. The van der Waals surface area contributed by atoms with E-state index < -0.39 is 0 Å². The van der Waals surface area contributed by atoms with Gasteiger partial charge in [0.25, 0.3) is 0 Å². The molecule has 3 aliphatic rings. The SMILES string of the molecule is CC(C)C1CN2CCCCC2CN1C(C)C1CCC1. The molecule has 0 aromatic heterocycles. The zero-order valence-corrected chi connectivity index (χ0v) is 13.1. The van der Waals surface area contributed by atoms with Crippen LogP contribution in [0.5, 0.6) is 0 Å². The van der Waals surface area contributed by atoms with Crippen LogP contribution in [0.25, 0.3) is 0 Å². The molecule has 3 fully saturated rings. The Kier molecular flexibility index (Phi) is 4.19. The van der Waals surface area contributed by atoms with Crippen molar-refractivity contribution in [2.45, 2.75) is 77.4 Å². The van der Waals surface area contributed by atoms with Gasteiger partial charge in [-0.1, -0.05) is 26.7 Å². The van der Waals surface area contributed by atoms with Crippen molar-refractivity contribution in [3.63, 3.8) is 0 Å². The molecule has 0 amide bonds. The first-order valence-corrected chi connectivity index (χ1v) is 8.66. The lowest BCUT2D eigenvalue weighted by Gasteiger charge is -2.54. The smallest absolute Gasteiger partial charge is 0.0249 e. The highest BCUT2D eigenvalue weighted by Gasteiger charge is 2.40. The van der Waals surface area contributed by atoms with Crippen LogP contribution in [0.1, 0.15) is 59.3 Å². The molecule has 3 unspecified atom stereocenters. The van der Waals surface area contributed by atoms with Crippen LogP contribution in [0.4, 0.5) is 0 Å². The number of fused-ring (bicyclic) bond motifs is 1. The fourth-order valence-corrected chi connectivity index (χ4v) is 4.49. The Morgan fingerprint density at radius 1 is 0.895 bits per heavy atom. The molecule has 0 aromatic carbocycles. The summed E-state index contributed by atoms with van der Waals surface area (Å²) in [6.07, 6.45) is 8.77. The second-order valence-corrected chi connectivity index (χ2v) is 7.58. The molecule has 3 atom stereocenters. The molecule has 2 heterocycles. The van der Waals surface area contributed by atoms with Crippen LogP contribution in [-0.2, 0) is 0 Å². The fourth-order valence-electron chi connectivity index (χ4n) is 4.49. The zero-order valence-electron chi connectivity index (χ0n) is 13.1. The van der Waals surface area contributed by atoms with Gasteiger partial charge in [0.05, 0.1) is 0 Å². The summed E-state index contributed by atoms with van der Waals surface area (Å²) in [4.78, 5) is 5.71. The molecule has 2 heteroatoms. The molecule has 0 bridgehead atoms. The molecule has 110 valence electrons. The van der Waals surface area contributed by atoms with Crippen LogP contribution in [0.2, 0.25) is 0 Å². The first kappa shape index (κ1) is 13.9. The van der Waals surface area contributed by atoms with Crippen LogP contribution in [0.3, 0.4) is 0 Å². The Morgan fingerprint density at radius 3 is 2.32 bits per heavy atom. The van der Waals surface area contributed by atoms with Crippen molar-refractivity contribution in [2.75, 3.05) is 19.6 Å². The standard InChI is InChI=1S/C17H32N2/c1-13(2)17-12-18-10-5-4-9-16(18)11-19(17)14(3)15-7-6-8-15/h13-17H,4-12H2,1-3H3. The third-order valence-corrected chi connectivity index (χ3v) is 6.14. The molecule has 0 spiro atoms. The largest absolute Gasteiger partial charge is 0.298 e.